The lowest BCUT2D eigenvalue weighted by Crippen LogP contribution is -2.20. The van der Waals surface area contributed by atoms with Gasteiger partial charge in [-0.25, -0.2) is 0 Å². The van der Waals surface area contributed by atoms with Crippen LogP contribution in [0.4, 0.5) is 0 Å². The number of allylic oxidation sites excluding steroid dienone is 1. The van der Waals surface area contributed by atoms with Gasteiger partial charge in [0.1, 0.15) is 6.11 Å². The van der Waals surface area contributed by atoms with Crippen molar-refractivity contribution >= 4 is 13.7 Å². The molecule has 0 saturated carbocycles. The standard InChI is InChI=1S/C18H22NO5P/c1-4-17(2)13-9-5-7-11-15-23-25(21,22)24-16-12-8-6-10-14-19-18(3)20/h1,6,8,10,12,14,16H2,2-3H3,(H,19,20)(H,21,22)/p-1/i2T. The minimum absolute atomic E-state index is 0.00351. The van der Waals surface area contributed by atoms with Crippen molar-refractivity contribution in [3.8, 4) is 35.7 Å². The molecule has 0 spiro atoms. The predicted octanol–water partition coefficient (Wildman–Crippen LogP) is 1.88. The minimum Gasteiger partial charge on any atom is -0.746 e. The zero-order valence-corrected chi connectivity index (χ0v) is 15.0. The van der Waals surface area contributed by atoms with E-state index < -0.39 is 7.82 Å². The van der Waals surface area contributed by atoms with Gasteiger partial charge in [0, 0.05) is 32.3 Å². The maximum Gasteiger partial charge on any atom is 0.328 e. The van der Waals surface area contributed by atoms with Crippen LogP contribution in [0.2, 0.25) is 0 Å². The van der Waals surface area contributed by atoms with Crippen molar-refractivity contribution in [2.75, 3.05) is 13.2 Å². The quantitative estimate of drug-likeness (QED) is 0.292. The van der Waals surface area contributed by atoms with E-state index in [9.17, 15) is 14.3 Å². The van der Waals surface area contributed by atoms with Gasteiger partial charge >= 0.3 is 7.82 Å². The monoisotopic (exact) mass is 364 g/mol. The van der Waals surface area contributed by atoms with Crippen molar-refractivity contribution in [3.63, 3.8) is 0 Å². The third-order valence-corrected chi connectivity index (χ3v) is 3.33. The number of carbonyl (C=O) groups is 1. The van der Waals surface area contributed by atoms with E-state index in [1.54, 1.807) is 0 Å². The normalized spacial score (nSPS) is 11.5. The average Bonchev–Trinajstić information content (AvgIpc) is 2.59. The summed E-state index contributed by atoms with van der Waals surface area (Å²) in [6.07, 6.45) is 4.92. The van der Waals surface area contributed by atoms with Crippen LogP contribution in [-0.4, -0.2) is 19.1 Å². The van der Waals surface area contributed by atoms with Gasteiger partial charge in [-0.1, -0.05) is 19.4 Å². The molecule has 7 heteroatoms. The molecule has 134 valence electrons. The van der Waals surface area contributed by atoms with Crippen molar-refractivity contribution in [1.29, 1.82) is 0 Å². The van der Waals surface area contributed by atoms with Crippen molar-refractivity contribution in [1.82, 2.24) is 5.32 Å². The van der Waals surface area contributed by atoms with Crippen molar-refractivity contribution in [3.05, 3.63) is 17.9 Å². The predicted molar refractivity (Wildman–Crippen MR) is 93.5 cm³/mol. The molecule has 0 rings (SSSR count). The number of phosphoric acid groups is 1. The van der Waals surface area contributed by atoms with Crippen LogP contribution in [0.3, 0.4) is 0 Å². The molecule has 1 amide bonds. The van der Waals surface area contributed by atoms with E-state index in [0.717, 1.165) is 19.3 Å². The smallest absolute Gasteiger partial charge is 0.328 e. The highest BCUT2D eigenvalue weighted by Crippen LogP contribution is 2.37. The number of rotatable bonds is 9. The molecule has 1 atom stereocenters. The Hall–Kier alpha value is -2.38. The van der Waals surface area contributed by atoms with Crippen molar-refractivity contribution in [2.45, 2.75) is 39.5 Å². The maximum atomic E-state index is 11.4. The number of amides is 1. The molecule has 0 aromatic carbocycles. The third-order valence-electron chi connectivity index (χ3n) is 2.52. The molecule has 25 heavy (non-hydrogen) atoms. The Balaban J connectivity index is 3.98. The molecule has 0 bridgehead atoms. The third kappa shape index (κ3) is 16.3. The molecule has 0 saturated heterocycles. The van der Waals surface area contributed by atoms with Crippen molar-refractivity contribution < 1.29 is 24.7 Å². The zero-order valence-electron chi connectivity index (χ0n) is 15.1. The lowest BCUT2D eigenvalue weighted by atomic mass is 10.2. The van der Waals surface area contributed by atoms with Crippen LogP contribution in [-0.2, 0) is 18.4 Å². The summed E-state index contributed by atoms with van der Waals surface area (Å²) in [5.41, 5.74) is 2.88. The van der Waals surface area contributed by atoms with Crippen LogP contribution in [0.1, 0.15) is 40.9 Å². The maximum absolute atomic E-state index is 11.4. The summed E-state index contributed by atoms with van der Waals surface area (Å²) in [6.45, 7) is 5.39. The van der Waals surface area contributed by atoms with Crippen LogP contribution >= 0.6 is 7.82 Å². The lowest BCUT2D eigenvalue weighted by molar-refractivity contribution is -0.219. The molecule has 0 aliphatic rings. The van der Waals surface area contributed by atoms with E-state index in [2.05, 4.69) is 56.3 Å². The molecular weight excluding hydrogens is 341 g/mol. The zero-order chi connectivity index (χ0) is 19.7. The van der Waals surface area contributed by atoms with E-state index in [-0.39, 0.29) is 19.4 Å². The Morgan fingerprint density at radius 1 is 1.24 bits per heavy atom. The van der Waals surface area contributed by atoms with E-state index >= 15 is 0 Å². The van der Waals surface area contributed by atoms with E-state index in [4.69, 9.17) is 1.37 Å². The summed E-state index contributed by atoms with van der Waals surface area (Å²) in [4.78, 5) is 22.1. The number of hydrogen-bond acceptors (Lipinski definition) is 5. The summed E-state index contributed by atoms with van der Waals surface area (Å²) in [6, 6.07) is 0. The van der Waals surface area contributed by atoms with Crippen LogP contribution < -0.4 is 10.2 Å². The number of nitrogens with one attached hydrogen (secondary N) is 1. The first kappa shape index (κ1) is 20.7. The molecule has 6 nitrogen and oxygen atoms in total. The van der Waals surface area contributed by atoms with Crippen LogP contribution in [0.5, 0.6) is 0 Å². The molecule has 1 unspecified atom stereocenters. The number of carbonyl (C=O) groups excluding carboxylic acids is 1. The Bertz CT molecular complexity index is 739. The highest BCUT2D eigenvalue weighted by molar-refractivity contribution is 7.46. The molecule has 0 fully saturated rings. The van der Waals surface area contributed by atoms with Gasteiger partial charge < -0.3 is 19.3 Å². The first-order chi connectivity index (χ1) is 12.4. The molecule has 0 aliphatic heterocycles. The minimum atomic E-state index is -4.48. The number of unbranched alkanes of at least 4 members (excludes halogenated alkanes) is 3. The first-order valence-corrected chi connectivity index (χ1v) is 8.95. The highest BCUT2D eigenvalue weighted by Gasteiger charge is 2.07. The van der Waals surface area contributed by atoms with Gasteiger partial charge in [-0.2, -0.15) is 0 Å². The Kier molecular flexibility index (Phi) is 11.6. The highest BCUT2D eigenvalue weighted by atomic mass is 31.2. The fourth-order valence-corrected chi connectivity index (χ4v) is 1.93. The molecule has 0 aliphatic carbocycles. The second kappa shape index (κ2) is 14.0. The van der Waals surface area contributed by atoms with Gasteiger partial charge in [-0.05, 0) is 37.5 Å². The molecule has 0 aromatic heterocycles. The number of hydrogen-bond donors (Lipinski definition) is 1. The summed E-state index contributed by atoms with van der Waals surface area (Å²) in [5.74, 6) is 11.7. The molecule has 0 aromatic rings. The van der Waals surface area contributed by atoms with Gasteiger partial charge in [0.2, 0.25) is 5.91 Å². The van der Waals surface area contributed by atoms with Gasteiger partial charge in [0.05, 0.1) is 6.61 Å². The Morgan fingerprint density at radius 2 is 1.96 bits per heavy atom. The molecule has 1 N–H and O–H groups in total. The summed E-state index contributed by atoms with van der Waals surface area (Å²) in [7, 11) is -4.48. The van der Waals surface area contributed by atoms with Crippen LogP contribution in [0.15, 0.2) is 17.9 Å². The summed E-state index contributed by atoms with van der Waals surface area (Å²) < 4.78 is 27.5. The SMILES string of the molecule is [3H]CC(=C=C)C#CC#CC#COP(=O)([O-])OCCCCCCNC(C)=O. The second-order valence-corrected chi connectivity index (χ2v) is 5.99. The van der Waals surface area contributed by atoms with Gasteiger partial charge in [0.25, 0.3) is 0 Å². The topological polar surface area (TPSA) is 87.7 Å². The Morgan fingerprint density at radius 3 is 2.64 bits per heavy atom. The van der Waals surface area contributed by atoms with Crippen LogP contribution in [0, 0.1) is 35.7 Å². The van der Waals surface area contributed by atoms with E-state index in [1.165, 1.54) is 6.92 Å². The molecular formula is C18H21NO5P-. The average molecular weight is 364 g/mol. The first-order valence-electron chi connectivity index (χ1n) is 8.19. The fraction of sp³-hybridized carbons (Fsp3) is 0.444. The largest absolute Gasteiger partial charge is 0.746 e. The van der Waals surface area contributed by atoms with Crippen LogP contribution in [0.25, 0.3) is 0 Å². The number of phosphoric ester groups is 1. The fourth-order valence-electron chi connectivity index (χ4n) is 1.37. The Labute approximate surface area is 150 Å². The summed E-state index contributed by atoms with van der Waals surface area (Å²) in [5, 5.41) is 2.68. The second-order valence-electron chi connectivity index (χ2n) is 4.65. The van der Waals surface area contributed by atoms with E-state index in [0.29, 0.717) is 18.5 Å². The van der Waals surface area contributed by atoms with Gasteiger partial charge in [-0.15, -0.1) is 5.73 Å². The lowest BCUT2D eigenvalue weighted by Gasteiger charge is -2.18. The van der Waals surface area contributed by atoms with E-state index in [1.807, 2.05) is 6.11 Å². The van der Waals surface area contributed by atoms with Gasteiger partial charge in [-0.3, -0.25) is 9.36 Å². The molecule has 0 radical (unpaired) electrons. The van der Waals surface area contributed by atoms with Crippen molar-refractivity contribution in [2.24, 2.45) is 0 Å². The summed E-state index contributed by atoms with van der Waals surface area (Å²) >= 11 is 0. The van der Waals surface area contributed by atoms with Gasteiger partial charge in [0.15, 0.2) is 0 Å². The molecule has 0 heterocycles.